The smallest absolute Gasteiger partial charge is 0.338 e. The number of hydrogen-bond acceptors (Lipinski definition) is 3. The first kappa shape index (κ1) is 13.5. The molecule has 92 valence electrons. The second-order valence-corrected chi connectivity index (χ2v) is 3.47. The van der Waals surface area contributed by atoms with Gasteiger partial charge in [-0.15, -0.1) is 6.42 Å². The van der Waals surface area contributed by atoms with Crippen molar-refractivity contribution in [3.8, 4) is 12.3 Å². The number of ether oxygens (including phenoxy) is 1. The van der Waals surface area contributed by atoms with Gasteiger partial charge in [-0.05, 0) is 23.8 Å². The van der Waals surface area contributed by atoms with E-state index in [9.17, 15) is 9.59 Å². The van der Waals surface area contributed by atoms with Crippen LogP contribution in [0.25, 0.3) is 0 Å². The normalized spacial score (nSPS) is 9.28. The van der Waals surface area contributed by atoms with E-state index in [-0.39, 0.29) is 18.6 Å². The van der Waals surface area contributed by atoms with Crippen molar-refractivity contribution in [3.05, 3.63) is 47.5 Å². The molecule has 0 aliphatic rings. The molecule has 1 rings (SSSR count). The Bertz CT molecular complexity index is 523. The van der Waals surface area contributed by atoms with Crippen LogP contribution in [0.15, 0.2) is 30.9 Å². The molecule has 0 heterocycles. The highest BCUT2D eigenvalue weighted by Crippen LogP contribution is 2.14. The zero-order valence-corrected chi connectivity index (χ0v) is 9.68. The highest BCUT2D eigenvalue weighted by molar-refractivity contribution is 5.92. The monoisotopic (exact) mass is 244 g/mol. The predicted molar refractivity (Wildman–Crippen MR) is 66.2 cm³/mol. The van der Waals surface area contributed by atoms with Crippen LogP contribution < -0.4 is 0 Å². The number of esters is 1. The lowest BCUT2D eigenvalue weighted by Gasteiger charge is -2.07. The molecular weight excluding hydrogens is 232 g/mol. The molecule has 0 fully saturated rings. The molecule has 0 bridgehead atoms. The third kappa shape index (κ3) is 3.49. The third-order valence-electron chi connectivity index (χ3n) is 2.17. The van der Waals surface area contributed by atoms with Crippen LogP contribution in [0.2, 0.25) is 0 Å². The minimum atomic E-state index is -1.04. The second-order valence-electron chi connectivity index (χ2n) is 3.47. The Morgan fingerprint density at radius 3 is 2.78 bits per heavy atom. The van der Waals surface area contributed by atoms with Crippen LogP contribution in [-0.4, -0.2) is 23.7 Å². The quantitative estimate of drug-likeness (QED) is 0.486. The van der Waals surface area contributed by atoms with Crippen LogP contribution in [0.1, 0.15) is 21.5 Å². The topological polar surface area (TPSA) is 63.6 Å². The Morgan fingerprint density at radius 1 is 1.50 bits per heavy atom. The maximum absolute atomic E-state index is 11.7. The molecule has 0 radical (unpaired) electrons. The van der Waals surface area contributed by atoms with Crippen molar-refractivity contribution in [2.45, 2.75) is 6.42 Å². The molecule has 1 N–H and O–H groups in total. The molecule has 0 spiro atoms. The summed E-state index contributed by atoms with van der Waals surface area (Å²) in [5.74, 6) is 0.761. The van der Waals surface area contributed by atoms with Crippen molar-refractivity contribution >= 4 is 11.9 Å². The summed E-state index contributed by atoms with van der Waals surface area (Å²) in [6, 6.07) is 4.54. The van der Waals surface area contributed by atoms with Gasteiger partial charge in [0.1, 0.15) is 6.61 Å². The molecule has 0 unspecified atom stereocenters. The van der Waals surface area contributed by atoms with Crippen molar-refractivity contribution in [1.82, 2.24) is 0 Å². The minimum absolute atomic E-state index is 0.0717. The highest BCUT2D eigenvalue weighted by atomic mass is 16.5. The summed E-state index contributed by atoms with van der Waals surface area (Å²) in [7, 11) is 0. The van der Waals surface area contributed by atoms with E-state index in [1.807, 2.05) is 0 Å². The Kier molecular flexibility index (Phi) is 4.70. The van der Waals surface area contributed by atoms with Gasteiger partial charge in [0.25, 0.3) is 0 Å². The molecule has 0 aliphatic heterocycles. The average Bonchev–Trinajstić information content (AvgIpc) is 2.35. The highest BCUT2D eigenvalue weighted by Gasteiger charge is 2.15. The standard InChI is InChI=1S/C14H12O4/c1-3-7-18-14(17)12-6-5-10(4-2)8-11(12)9-13(15)16/h2-3,5-6,8H,1,7,9H2,(H,15,16). The number of carboxylic acids is 1. The summed E-state index contributed by atoms with van der Waals surface area (Å²) in [5.41, 5.74) is 1.07. The van der Waals surface area contributed by atoms with Gasteiger partial charge < -0.3 is 9.84 Å². The van der Waals surface area contributed by atoms with Gasteiger partial charge in [-0.3, -0.25) is 4.79 Å². The largest absolute Gasteiger partial charge is 0.481 e. The summed E-state index contributed by atoms with van der Waals surface area (Å²) in [4.78, 5) is 22.4. The molecular formula is C14H12O4. The molecule has 4 heteroatoms. The molecule has 0 atom stereocenters. The van der Waals surface area contributed by atoms with Gasteiger partial charge >= 0.3 is 11.9 Å². The van der Waals surface area contributed by atoms with Crippen molar-refractivity contribution in [1.29, 1.82) is 0 Å². The van der Waals surface area contributed by atoms with E-state index >= 15 is 0 Å². The number of terminal acetylenes is 1. The van der Waals surface area contributed by atoms with Crippen molar-refractivity contribution < 1.29 is 19.4 Å². The zero-order valence-electron chi connectivity index (χ0n) is 9.68. The zero-order chi connectivity index (χ0) is 13.5. The fourth-order valence-electron chi connectivity index (χ4n) is 1.40. The van der Waals surface area contributed by atoms with E-state index in [1.165, 1.54) is 18.2 Å². The summed E-state index contributed by atoms with van der Waals surface area (Å²) in [6.07, 6.45) is 6.38. The van der Waals surface area contributed by atoms with Gasteiger partial charge in [0, 0.05) is 5.56 Å². The van der Waals surface area contributed by atoms with Crippen molar-refractivity contribution in [3.63, 3.8) is 0 Å². The van der Waals surface area contributed by atoms with Crippen LogP contribution in [0.3, 0.4) is 0 Å². The first-order valence-electron chi connectivity index (χ1n) is 5.17. The van der Waals surface area contributed by atoms with Crippen molar-refractivity contribution in [2.75, 3.05) is 6.61 Å². The van der Waals surface area contributed by atoms with Gasteiger partial charge in [0.15, 0.2) is 0 Å². The molecule has 1 aromatic carbocycles. The number of rotatable bonds is 5. The molecule has 4 nitrogen and oxygen atoms in total. The minimum Gasteiger partial charge on any atom is -0.481 e. The lowest BCUT2D eigenvalue weighted by Crippen LogP contribution is -2.11. The number of carbonyl (C=O) groups is 2. The molecule has 0 saturated carbocycles. The Balaban J connectivity index is 3.09. The lowest BCUT2D eigenvalue weighted by atomic mass is 10.0. The number of carbonyl (C=O) groups excluding carboxylic acids is 1. The number of aliphatic carboxylic acids is 1. The van der Waals surface area contributed by atoms with E-state index < -0.39 is 11.9 Å². The first-order chi connectivity index (χ1) is 8.58. The number of hydrogen-bond donors (Lipinski definition) is 1. The predicted octanol–water partition coefficient (Wildman–Crippen LogP) is 1.64. The molecule has 0 aromatic heterocycles. The summed E-state index contributed by atoms with van der Waals surface area (Å²) < 4.78 is 4.87. The van der Waals surface area contributed by atoms with Gasteiger partial charge in [-0.25, -0.2) is 4.79 Å². The SMILES string of the molecule is C#Cc1ccc(C(=O)OCC=C)c(CC(=O)O)c1. The van der Waals surface area contributed by atoms with Crippen LogP contribution in [0, 0.1) is 12.3 Å². The fourth-order valence-corrected chi connectivity index (χ4v) is 1.40. The lowest BCUT2D eigenvalue weighted by molar-refractivity contribution is -0.136. The molecule has 18 heavy (non-hydrogen) atoms. The number of carboxylic acid groups (broad SMARTS) is 1. The van der Waals surface area contributed by atoms with Crippen LogP contribution in [0.4, 0.5) is 0 Å². The van der Waals surface area contributed by atoms with Crippen LogP contribution >= 0.6 is 0 Å². The molecule has 0 saturated heterocycles. The second kappa shape index (κ2) is 6.26. The van der Waals surface area contributed by atoms with E-state index in [0.717, 1.165) is 0 Å². The van der Waals surface area contributed by atoms with Crippen LogP contribution in [0.5, 0.6) is 0 Å². The third-order valence-corrected chi connectivity index (χ3v) is 2.17. The Labute approximate surface area is 105 Å². The van der Waals surface area contributed by atoms with E-state index in [1.54, 1.807) is 6.07 Å². The summed E-state index contributed by atoms with van der Waals surface area (Å²) in [6.45, 7) is 3.50. The van der Waals surface area contributed by atoms with Crippen LogP contribution in [-0.2, 0) is 16.0 Å². The van der Waals surface area contributed by atoms with Gasteiger partial charge in [-0.2, -0.15) is 0 Å². The van der Waals surface area contributed by atoms with Gasteiger partial charge in [-0.1, -0.05) is 18.6 Å². The maximum atomic E-state index is 11.7. The molecule has 0 amide bonds. The fraction of sp³-hybridized carbons (Fsp3) is 0.143. The average molecular weight is 244 g/mol. The molecule has 1 aromatic rings. The Hall–Kier alpha value is -2.54. The van der Waals surface area contributed by atoms with E-state index in [4.69, 9.17) is 16.3 Å². The van der Waals surface area contributed by atoms with Crippen molar-refractivity contribution in [2.24, 2.45) is 0 Å². The summed E-state index contributed by atoms with van der Waals surface area (Å²) in [5, 5.41) is 8.79. The first-order valence-corrected chi connectivity index (χ1v) is 5.17. The number of benzene rings is 1. The van der Waals surface area contributed by atoms with Gasteiger partial charge in [0.05, 0.1) is 12.0 Å². The summed E-state index contributed by atoms with van der Waals surface area (Å²) >= 11 is 0. The van der Waals surface area contributed by atoms with Gasteiger partial charge in [0.2, 0.25) is 0 Å². The van der Waals surface area contributed by atoms with E-state index in [0.29, 0.717) is 11.1 Å². The Morgan fingerprint density at radius 2 is 2.22 bits per heavy atom. The maximum Gasteiger partial charge on any atom is 0.338 e. The molecule has 0 aliphatic carbocycles. The van der Waals surface area contributed by atoms with E-state index in [2.05, 4.69) is 12.5 Å².